The lowest BCUT2D eigenvalue weighted by molar-refractivity contribution is -0.142. The van der Waals surface area contributed by atoms with Crippen LogP contribution in [0.2, 0.25) is 10.0 Å². The van der Waals surface area contributed by atoms with Crippen molar-refractivity contribution in [3.05, 3.63) is 63.4 Å². The molecule has 4 aliphatic rings. The Morgan fingerprint density at radius 3 is 2.45 bits per heavy atom. The van der Waals surface area contributed by atoms with Crippen LogP contribution in [0, 0.1) is 11.7 Å². The third-order valence-electron chi connectivity index (χ3n) is 9.73. The van der Waals surface area contributed by atoms with Gasteiger partial charge in [-0.2, -0.15) is 0 Å². The summed E-state index contributed by atoms with van der Waals surface area (Å²) in [6, 6.07) is 8.89. The van der Waals surface area contributed by atoms with E-state index in [9.17, 15) is 19.5 Å². The van der Waals surface area contributed by atoms with Gasteiger partial charge in [0.05, 0.1) is 17.0 Å². The minimum atomic E-state index is -1.28. The second-order valence-corrected chi connectivity index (χ2v) is 12.6. The summed E-state index contributed by atoms with van der Waals surface area (Å²) in [5.41, 5.74) is -0.573. The molecule has 2 spiro atoms. The second kappa shape index (κ2) is 10.3. The molecule has 4 N–H and O–H groups in total. The first-order chi connectivity index (χ1) is 19.2. The highest BCUT2D eigenvalue weighted by Gasteiger charge is 2.72. The van der Waals surface area contributed by atoms with Crippen LogP contribution in [0.15, 0.2) is 36.4 Å². The molecule has 2 saturated carbocycles. The number of benzene rings is 2. The van der Waals surface area contributed by atoms with Crippen LogP contribution in [0.25, 0.3) is 0 Å². The Labute approximate surface area is 242 Å². The van der Waals surface area contributed by atoms with E-state index in [4.69, 9.17) is 23.2 Å². The van der Waals surface area contributed by atoms with E-state index in [1.807, 2.05) is 6.07 Å². The smallest absolute Gasteiger partial charge is 0.306 e. The zero-order chi connectivity index (χ0) is 28.2. The number of carbonyl (C=O) groups excluding carboxylic acids is 2. The van der Waals surface area contributed by atoms with Crippen molar-refractivity contribution in [1.82, 2.24) is 10.6 Å². The minimum absolute atomic E-state index is 0.0712. The van der Waals surface area contributed by atoms with Crippen LogP contribution in [0.5, 0.6) is 0 Å². The number of carboxylic acids is 1. The molecule has 0 radical (unpaired) electrons. The SMILES string of the molecule is O=C(O)C1CCC(NC(=O)[C@@H]2NC3(CCCCC3)[C@@]3(C(=O)Nc4cc(Cl)ccc43)[C@H]2c2cccc(Cl)c2F)CC1. The number of anilines is 1. The molecule has 2 aliphatic carbocycles. The Kier molecular flexibility index (Phi) is 7.08. The highest BCUT2D eigenvalue weighted by atomic mass is 35.5. The van der Waals surface area contributed by atoms with E-state index in [0.717, 1.165) is 19.3 Å². The van der Waals surface area contributed by atoms with Gasteiger partial charge in [-0.3, -0.25) is 19.7 Å². The van der Waals surface area contributed by atoms with Gasteiger partial charge in [0.25, 0.3) is 0 Å². The molecule has 0 bridgehead atoms. The third-order valence-corrected chi connectivity index (χ3v) is 10.3. The van der Waals surface area contributed by atoms with Crippen LogP contribution in [0.1, 0.15) is 74.8 Å². The average Bonchev–Trinajstić information content (AvgIpc) is 3.38. The van der Waals surface area contributed by atoms with Crippen LogP contribution >= 0.6 is 23.2 Å². The monoisotopic (exact) mass is 587 g/mol. The maximum atomic E-state index is 15.9. The van der Waals surface area contributed by atoms with Crippen molar-refractivity contribution in [2.24, 2.45) is 5.92 Å². The topological polar surface area (TPSA) is 108 Å². The molecule has 3 atom stereocenters. The van der Waals surface area contributed by atoms with E-state index in [0.29, 0.717) is 54.8 Å². The van der Waals surface area contributed by atoms with E-state index in [-0.39, 0.29) is 28.4 Å². The lowest BCUT2D eigenvalue weighted by atomic mass is 9.55. The lowest BCUT2D eigenvalue weighted by Crippen LogP contribution is -2.60. The molecule has 7 nitrogen and oxygen atoms in total. The molecule has 0 unspecified atom stereocenters. The van der Waals surface area contributed by atoms with Crippen molar-refractivity contribution in [3.63, 3.8) is 0 Å². The van der Waals surface area contributed by atoms with Crippen molar-refractivity contribution in [1.29, 1.82) is 0 Å². The molecule has 40 heavy (non-hydrogen) atoms. The highest BCUT2D eigenvalue weighted by molar-refractivity contribution is 6.31. The summed E-state index contributed by atoms with van der Waals surface area (Å²) < 4.78 is 15.9. The van der Waals surface area contributed by atoms with Crippen molar-refractivity contribution in [2.45, 2.75) is 86.7 Å². The van der Waals surface area contributed by atoms with Gasteiger partial charge in [-0.15, -0.1) is 0 Å². The van der Waals surface area contributed by atoms with Gasteiger partial charge < -0.3 is 15.7 Å². The number of nitrogens with one attached hydrogen (secondary N) is 3. The fourth-order valence-corrected chi connectivity index (χ4v) is 8.35. The fraction of sp³-hybridized carbons (Fsp3) is 0.500. The molecule has 10 heteroatoms. The molecule has 2 aliphatic heterocycles. The van der Waals surface area contributed by atoms with Crippen LogP contribution < -0.4 is 16.0 Å². The zero-order valence-electron chi connectivity index (χ0n) is 21.9. The van der Waals surface area contributed by atoms with E-state index in [2.05, 4.69) is 16.0 Å². The molecular weight excluding hydrogens is 556 g/mol. The first-order valence-electron chi connectivity index (χ1n) is 14.0. The van der Waals surface area contributed by atoms with Crippen molar-refractivity contribution in [2.75, 3.05) is 5.32 Å². The number of carboxylic acid groups (broad SMARTS) is 1. The number of hydrogen-bond donors (Lipinski definition) is 4. The summed E-state index contributed by atoms with van der Waals surface area (Å²) >= 11 is 12.6. The van der Waals surface area contributed by atoms with Crippen molar-refractivity contribution < 1.29 is 23.9 Å². The van der Waals surface area contributed by atoms with Crippen LogP contribution in [0.3, 0.4) is 0 Å². The molecule has 2 heterocycles. The molecule has 3 fully saturated rings. The molecule has 0 aromatic heterocycles. The van der Waals surface area contributed by atoms with E-state index in [1.165, 1.54) is 6.07 Å². The summed E-state index contributed by atoms with van der Waals surface area (Å²) in [5.74, 6) is -3.35. The zero-order valence-corrected chi connectivity index (χ0v) is 23.5. The summed E-state index contributed by atoms with van der Waals surface area (Å²) in [4.78, 5) is 39.9. The maximum Gasteiger partial charge on any atom is 0.306 e. The summed E-state index contributed by atoms with van der Waals surface area (Å²) in [7, 11) is 0. The molecule has 6 rings (SSSR count). The number of hydrogen-bond acceptors (Lipinski definition) is 4. The van der Waals surface area contributed by atoms with Gasteiger partial charge in [0, 0.05) is 28.2 Å². The number of rotatable bonds is 4. The summed E-state index contributed by atoms with van der Waals surface area (Å²) in [6.45, 7) is 0. The highest BCUT2D eigenvalue weighted by Crippen LogP contribution is 2.62. The number of fused-ring (bicyclic) bond motifs is 3. The first kappa shape index (κ1) is 27.5. The Bertz CT molecular complexity index is 1370. The Hall–Kier alpha value is -2.68. The Morgan fingerprint density at radius 2 is 1.75 bits per heavy atom. The van der Waals surface area contributed by atoms with Gasteiger partial charge >= 0.3 is 5.97 Å². The summed E-state index contributed by atoms with van der Waals surface area (Å²) in [6.07, 6.45) is 6.09. The van der Waals surface area contributed by atoms with E-state index >= 15 is 4.39 Å². The fourth-order valence-electron chi connectivity index (χ4n) is 7.99. The largest absolute Gasteiger partial charge is 0.481 e. The van der Waals surface area contributed by atoms with Crippen LogP contribution in [0.4, 0.5) is 10.1 Å². The standard InChI is InChI=1S/C30H32Cl2FN3O4/c31-17-9-12-20-22(15-17)35-28(40)30(20)23(19-5-4-6-21(32)24(19)33)25(36-29(30)13-2-1-3-14-29)26(37)34-18-10-7-16(8-11-18)27(38)39/h4-6,9,12,15-16,18,23,25,36H,1-3,7-8,10-11,13-14H2,(H,34,37)(H,35,40)(H,38,39)/t16?,18?,23-,25+,30+/m0/s1. The van der Waals surface area contributed by atoms with Crippen LogP contribution in [-0.2, 0) is 19.8 Å². The van der Waals surface area contributed by atoms with Gasteiger partial charge in [-0.25, -0.2) is 4.39 Å². The second-order valence-electron chi connectivity index (χ2n) is 11.7. The average molecular weight is 589 g/mol. The quantitative estimate of drug-likeness (QED) is 0.375. The molecule has 212 valence electrons. The van der Waals surface area contributed by atoms with E-state index in [1.54, 1.807) is 24.3 Å². The van der Waals surface area contributed by atoms with Crippen LogP contribution in [-0.4, -0.2) is 40.5 Å². The third kappa shape index (κ3) is 4.13. The predicted molar refractivity (Wildman–Crippen MR) is 150 cm³/mol. The molecule has 1 saturated heterocycles. The number of carbonyl (C=O) groups is 3. The molecule has 2 amide bonds. The Balaban J connectivity index is 1.48. The van der Waals surface area contributed by atoms with Gasteiger partial charge in [-0.1, -0.05) is 60.7 Å². The van der Waals surface area contributed by atoms with E-state index < -0.39 is 40.6 Å². The van der Waals surface area contributed by atoms with Gasteiger partial charge in [0.2, 0.25) is 11.8 Å². The predicted octanol–water partition coefficient (Wildman–Crippen LogP) is 5.54. The van der Waals surface area contributed by atoms with Crippen molar-refractivity contribution in [3.8, 4) is 0 Å². The van der Waals surface area contributed by atoms with Gasteiger partial charge in [-0.05, 0) is 67.9 Å². The molecular formula is C30H32Cl2FN3O4. The van der Waals surface area contributed by atoms with Crippen molar-refractivity contribution >= 4 is 46.7 Å². The van der Waals surface area contributed by atoms with Gasteiger partial charge in [0.15, 0.2) is 0 Å². The number of aliphatic carboxylic acids is 1. The summed E-state index contributed by atoms with van der Waals surface area (Å²) in [5, 5.41) is 19.6. The maximum absolute atomic E-state index is 15.9. The normalized spacial score (nSPS) is 30.7. The Morgan fingerprint density at radius 1 is 1.02 bits per heavy atom. The molecule has 2 aromatic rings. The minimum Gasteiger partial charge on any atom is -0.481 e. The molecule has 2 aromatic carbocycles. The van der Waals surface area contributed by atoms with Gasteiger partial charge in [0.1, 0.15) is 11.2 Å². The lowest BCUT2D eigenvalue weighted by Gasteiger charge is -2.47. The number of amides is 2. The number of halogens is 3. The first-order valence-corrected chi connectivity index (χ1v) is 14.8.